The standard InChI is InChI=1S/C14H25N3O3S2/c1-4-17(5-2)22(19,20)13-7-6-12(21-13)8-9-16-14(18)11(3)10-15/h6-7,11H,4-5,8-10,15H2,1-3H3,(H,16,18). The van der Waals surface area contributed by atoms with Crippen molar-refractivity contribution >= 4 is 27.3 Å². The topological polar surface area (TPSA) is 92.5 Å². The summed E-state index contributed by atoms with van der Waals surface area (Å²) in [5.74, 6) is -0.281. The lowest BCUT2D eigenvalue weighted by Gasteiger charge is -2.16. The molecule has 0 spiro atoms. The predicted molar refractivity (Wildman–Crippen MR) is 89.4 cm³/mol. The van der Waals surface area contributed by atoms with E-state index in [0.717, 1.165) is 4.88 Å². The van der Waals surface area contributed by atoms with Crippen molar-refractivity contribution in [3.05, 3.63) is 17.0 Å². The molecule has 6 nitrogen and oxygen atoms in total. The summed E-state index contributed by atoms with van der Waals surface area (Å²) in [6.45, 7) is 7.13. The highest BCUT2D eigenvalue weighted by Gasteiger charge is 2.23. The zero-order chi connectivity index (χ0) is 16.8. The number of hydrogen-bond donors (Lipinski definition) is 2. The smallest absolute Gasteiger partial charge is 0.252 e. The predicted octanol–water partition coefficient (Wildman–Crippen LogP) is 1.03. The first-order valence-electron chi connectivity index (χ1n) is 7.43. The molecule has 1 amide bonds. The molecule has 0 bridgehead atoms. The van der Waals surface area contributed by atoms with Crippen molar-refractivity contribution in [2.45, 2.75) is 31.4 Å². The van der Waals surface area contributed by atoms with E-state index in [4.69, 9.17) is 5.73 Å². The molecule has 0 aliphatic rings. The van der Waals surface area contributed by atoms with Crippen LogP contribution in [0, 0.1) is 5.92 Å². The second kappa shape index (κ2) is 8.61. The largest absolute Gasteiger partial charge is 0.355 e. The van der Waals surface area contributed by atoms with E-state index in [1.807, 2.05) is 13.8 Å². The Morgan fingerprint density at radius 3 is 2.55 bits per heavy atom. The number of rotatable bonds is 9. The van der Waals surface area contributed by atoms with Gasteiger partial charge in [-0.05, 0) is 18.6 Å². The fourth-order valence-electron chi connectivity index (χ4n) is 1.91. The summed E-state index contributed by atoms with van der Waals surface area (Å²) in [5.41, 5.74) is 5.43. The molecule has 1 aromatic rings. The Morgan fingerprint density at radius 1 is 1.36 bits per heavy atom. The van der Waals surface area contributed by atoms with Gasteiger partial charge >= 0.3 is 0 Å². The molecule has 0 saturated heterocycles. The van der Waals surface area contributed by atoms with E-state index >= 15 is 0 Å². The van der Waals surface area contributed by atoms with Crippen LogP contribution in [-0.4, -0.2) is 44.8 Å². The van der Waals surface area contributed by atoms with Crippen LogP contribution in [0.2, 0.25) is 0 Å². The van der Waals surface area contributed by atoms with E-state index in [1.165, 1.54) is 15.6 Å². The Hall–Kier alpha value is -0.960. The molecule has 0 radical (unpaired) electrons. The second-order valence-corrected chi connectivity index (χ2v) is 8.32. The second-order valence-electron chi connectivity index (χ2n) is 4.99. The summed E-state index contributed by atoms with van der Waals surface area (Å²) in [6.07, 6.45) is 0.613. The number of hydrogen-bond acceptors (Lipinski definition) is 5. The Bertz CT molecular complexity index is 580. The number of nitrogens with one attached hydrogen (secondary N) is 1. The molecule has 1 aromatic heterocycles. The first kappa shape index (κ1) is 19.1. The molecule has 22 heavy (non-hydrogen) atoms. The van der Waals surface area contributed by atoms with E-state index in [1.54, 1.807) is 19.1 Å². The summed E-state index contributed by atoms with van der Waals surface area (Å²) < 4.78 is 26.5. The van der Waals surface area contributed by atoms with Gasteiger partial charge in [0.1, 0.15) is 4.21 Å². The minimum absolute atomic E-state index is 0.0740. The van der Waals surface area contributed by atoms with Crippen LogP contribution in [0.3, 0.4) is 0 Å². The first-order chi connectivity index (χ1) is 10.4. The quantitative estimate of drug-likeness (QED) is 0.698. The summed E-state index contributed by atoms with van der Waals surface area (Å²) in [4.78, 5) is 12.5. The van der Waals surface area contributed by atoms with Gasteiger partial charge in [0.2, 0.25) is 5.91 Å². The zero-order valence-electron chi connectivity index (χ0n) is 13.3. The number of nitrogens with zero attached hydrogens (tertiary/aromatic N) is 1. The van der Waals surface area contributed by atoms with E-state index in [-0.39, 0.29) is 11.8 Å². The minimum Gasteiger partial charge on any atom is -0.355 e. The minimum atomic E-state index is -3.39. The summed E-state index contributed by atoms with van der Waals surface area (Å²) in [7, 11) is -3.39. The van der Waals surface area contributed by atoms with Crippen molar-refractivity contribution in [2.75, 3.05) is 26.2 Å². The summed E-state index contributed by atoms with van der Waals surface area (Å²) in [6, 6.07) is 3.44. The maximum atomic E-state index is 12.4. The number of sulfonamides is 1. The average Bonchev–Trinajstić information content (AvgIpc) is 2.96. The van der Waals surface area contributed by atoms with Gasteiger partial charge in [0.15, 0.2) is 0 Å². The molecule has 0 aliphatic heterocycles. The maximum Gasteiger partial charge on any atom is 0.252 e. The van der Waals surface area contributed by atoms with Crippen molar-refractivity contribution in [1.29, 1.82) is 0 Å². The fourth-order valence-corrected chi connectivity index (χ4v) is 4.88. The number of carbonyl (C=O) groups excluding carboxylic acids is 1. The molecule has 1 heterocycles. The van der Waals surface area contributed by atoms with Gasteiger partial charge in [-0.25, -0.2) is 8.42 Å². The van der Waals surface area contributed by atoms with Crippen molar-refractivity contribution in [3.63, 3.8) is 0 Å². The molecule has 0 aliphatic carbocycles. The fraction of sp³-hybridized carbons (Fsp3) is 0.643. The lowest BCUT2D eigenvalue weighted by molar-refractivity contribution is -0.124. The molecule has 0 saturated carbocycles. The van der Waals surface area contributed by atoms with E-state index < -0.39 is 10.0 Å². The van der Waals surface area contributed by atoms with Crippen molar-refractivity contribution < 1.29 is 13.2 Å². The lowest BCUT2D eigenvalue weighted by atomic mass is 10.1. The molecule has 1 unspecified atom stereocenters. The summed E-state index contributed by atoms with van der Waals surface area (Å²) in [5, 5.41) is 2.80. The van der Waals surface area contributed by atoms with E-state index in [9.17, 15) is 13.2 Å². The third-order valence-electron chi connectivity index (χ3n) is 3.41. The van der Waals surface area contributed by atoms with Crippen molar-refractivity contribution in [1.82, 2.24) is 9.62 Å². The van der Waals surface area contributed by atoms with Crippen LogP contribution < -0.4 is 11.1 Å². The monoisotopic (exact) mass is 347 g/mol. The average molecular weight is 348 g/mol. The van der Waals surface area contributed by atoms with Crippen LogP contribution in [0.1, 0.15) is 25.6 Å². The highest BCUT2D eigenvalue weighted by Crippen LogP contribution is 2.25. The Morgan fingerprint density at radius 2 is 2.00 bits per heavy atom. The molecule has 3 N–H and O–H groups in total. The Kier molecular flexibility index (Phi) is 7.47. The maximum absolute atomic E-state index is 12.4. The summed E-state index contributed by atoms with van der Waals surface area (Å²) >= 11 is 1.26. The number of carbonyl (C=O) groups is 1. The normalized spacial score (nSPS) is 13.3. The van der Waals surface area contributed by atoms with Crippen molar-refractivity contribution in [3.8, 4) is 0 Å². The van der Waals surface area contributed by atoms with Gasteiger partial charge < -0.3 is 11.1 Å². The van der Waals surface area contributed by atoms with Crippen LogP contribution in [0.5, 0.6) is 0 Å². The molecule has 1 rings (SSSR count). The first-order valence-corrected chi connectivity index (χ1v) is 9.69. The van der Waals surface area contributed by atoms with Crippen LogP contribution in [0.4, 0.5) is 0 Å². The Balaban J connectivity index is 2.64. The highest BCUT2D eigenvalue weighted by atomic mass is 32.2. The van der Waals surface area contributed by atoms with Crippen LogP contribution in [-0.2, 0) is 21.2 Å². The highest BCUT2D eigenvalue weighted by molar-refractivity contribution is 7.91. The molecule has 0 aromatic carbocycles. The Labute approximate surface area is 136 Å². The van der Waals surface area contributed by atoms with E-state index in [2.05, 4.69) is 5.32 Å². The van der Waals surface area contributed by atoms with Gasteiger partial charge in [0.25, 0.3) is 10.0 Å². The molecule has 8 heteroatoms. The van der Waals surface area contributed by atoms with Gasteiger partial charge in [-0.2, -0.15) is 4.31 Å². The molecular formula is C14H25N3O3S2. The van der Waals surface area contributed by atoms with Gasteiger partial charge in [0, 0.05) is 37.0 Å². The SMILES string of the molecule is CCN(CC)S(=O)(=O)c1ccc(CCNC(=O)C(C)CN)s1. The van der Waals surface area contributed by atoms with Gasteiger partial charge in [-0.3, -0.25) is 4.79 Å². The van der Waals surface area contributed by atoms with Crippen LogP contribution in [0.15, 0.2) is 16.3 Å². The van der Waals surface area contributed by atoms with E-state index in [0.29, 0.717) is 36.8 Å². The molecule has 1 atom stereocenters. The molecule has 126 valence electrons. The third-order valence-corrected chi connectivity index (χ3v) is 7.07. The van der Waals surface area contributed by atoms with Gasteiger partial charge in [-0.1, -0.05) is 20.8 Å². The molecule has 0 fully saturated rings. The lowest BCUT2D eigenvalue weighted by Crippen LogP contribution is -2.34. The number of thiophene rings is 1. The van der Waals surface area contributed by atoms with Crippen LogP contribution in [0.25, 0.3) is 0 Å². The number of nitrogens with two attached hydrogens (primary N) is 1. The zero-order valence-corrected chi connectivity index (χ0v) is 15.0. The molecular weight excluding hydrogens is 322 g/mol. The van der Waals surface area contributed by atoms with Crippen LogP contribution >= 0.6 is 11.3 Å². The third kappa shape index (κ3) is 4.77. The number of amides is 1. The van der Waals surface area contributed by atoms with Gasteiger partial charge in [0.05, 0.1) is 0 Å². The van der Waals surface area contributed by atoms with Gasteiger partial charge in [-0.15, -0.1) is 11.3 Å². The van der Waals surface area contributed by atoms with Crippen molar-refractivity contribution in [2.24, 2.45) is 11.7 Å².